The molecule has 0 atom stereocenters. The average Bonchev–Trinajstić information content (AvgIpc) is 2.54. The van der Waals surface area contributed by atoms with Crippen LogP contribution < -0.4 is 9.47 Å². The van der Waals surface area contributed by atoms with Gasteiger partial charge in [-0.3, -0.25) is 4.79 Å². The molecule has 2 N–H and O–H groups in total. The van der Waals surface area contributed by atoms with E-state index in [0.717, 1.165) is 0 Å². The summed E-state index contributed by atoms with van der Waals surface area (Å²) >= 11 is 0. The van der Waals surface area contributed by atoms with Gasteiger partial charge in [-0.05, 0) is 48.6 Å². The van der Waals surface area contributed by atoms with Crippen molar-refractivity contribution in [2.24, 2.45) is 0 Å². The van der Waals surface area contributed by atoms with Crippen LogP contribution in [0.25, 0.3) is 6.08 Å². The van der Waals surface area contributed by atoms with Crippen LogP contribution in [0.2, 0.25) is 0 Å². The Bertz CT molecular complexity index is 719. The molecule has 5 heteroatoms. The minimum Gasteiger partial charge on any atom is -0.508 e. The number of methoxy groups -OCH3 is 2. The molecule has 0 aliphatic carbocycles. The number of allylic oxidation sites excluding steroid dienone is 1. The first kappa shape index (κ1) is 15.4. The summed E-state index contributed by atoms with van der Waals surface area (Å²) in [6.07, 6.45) is 2.86. The van der Waals surface area contributed by atoms with Gasteiger partial charge in [0, 0.05) is 5.56 Å². The standard InChI is InChI=1S/C17H16O5/c1-21-13-5-8-17(22-2)11(9-13)3-6-15(19)14-10-12(18)4-7-16(14)20/h3-10,18,20H,1-2H3/b6-3+. The van der Waals surface area contributed by atoms with Crippen molar-refractivity contribution < 1.29 is 24.5 Å². The molecule has 0 fully saturated rings. The van der Waals surface area contributed by atoms with Crippen molar-refractivity contribution >= 4 is 11.9 Å². The quantitative estimate of drug-likeness (QED) is 0.504. The zero-order valence-corrected chi connectivity index (χ0v) is 12.2. The maximum atomic E-state index is 12.1. The van der Waals surface area contributed by atoms with Crippen molar-refractivity contribution in [2.45, 2.75) is 0 Å². The molecule has 0 saturated carbocycles. The lowest BCUT2D eigenvalue weighted by Gasteiger charge is -2.07. The Kier molecular flexibility index (Phi) is 4.68. The van der Waals surface area contributed by atoms with Gasteiger partial charge in [-0.25, -0.2) is 0 Å². The SMILES string of the molecule is COc1ccc(OC)c(/C=C/C(=O)c2cc(O)ccc2O)c1. The number of ketones is 1. The highest BCUT2D eigenvalue weighted by Gasteiger charge is 2.10. The topological polar surface area (TPSA) is 76.0 Å². The molecule has 0 unspecified atom stereocenters. The predicted molar refractivity (Wildman–Crippen MR) is 82.7 cm³/mol. The Labute approximate surface area is 128 Å². The van der Waals surface area contributed by atoms with Crippen molar-refractivity contribution in [2.75, 3.05) is 14.2 Å². The highest BCUT2D eigenvalue weighted by atomic mass is 16.5. The van der Waals surface area contributed by atoms with Crippen LogP contribution in [-0.4, -0.2) is 30.2 Å². The fourth-order valence-electron chi connectivity index (χ4n) is 1.95. The summed E-state index contributed by atoms with van der Waals surface area (Å²) in [6.45, 7) is 0. The number of carbonyl (C=O) groups excluding carboxylic acids is 1. The van der Waals surface area contributed by atoms with Crippen LogP contribution in [0.4, 0.5) is 0 Å². The Morgan fingerprint density at radius 3 is 2.50 bits per heavy atom. The molecule has 5 nitrogen and oxygen atoms in total. The van der Waals surface area contributed by atoms with Crippen LogP contribution in [0.3, 0.4) is 0 Å². The predicted octanol–water partition coefficient (Wildman–Crippen LogP) is 3.01. The summed E-state index contributed by atoms with van der Waals surface area (Å²) in [7, 11) is 3.08. The number of aromatic hydroxyl groups is 2. The van der Waals surface area contributed by atoms with Gasteiger partial charge in [0.2, 0.25) is 0 Å². The molecule has 0 bridgehead atoms. The van der Waals surface area contributed by atoms with E-state index >= 15 is 0 Å². The van der Waals surface area contributed by atoms with Crippen molar-refractivity contribution in [3.05, 3.63) is 53.6 Å². The number of ether oxygens (including phenoxy) is 2. The zero-order valence-electron chi connectivity index (χ0n) is 12.2. The van der Waals surface area contributed by atoms with Crippen LogP contribution in [-0.2, 0) is 0 Å². The van der Waals surface area contributed by atoms with E-state index in [1.165, 1.54) is 31.4 Å². The van der Waals surface area contributed by atoms with Gasteiger partial charge >= 0.3 is 0 Å². The first-order valence-corrected chi connectivity index (χ1v) is 6.51. The fourth-order valence-corrected chi connectivity index (χ4v) is 1.95. The molecule has 114 valence electrons. The van der Waals surface area contributed by atoms with Crippen LogP contribution in [0.15, 0.2) is 42.5 Å². The van der Waals surface area contributed by atoms with E-state index in [9.17, 15) is 15.0 Å². The Morgan fingerprint density at radius 1 is 1.05 bits per heavy atom. The summed E-state index contributed by atoms with van der Waals surface area (Å²) in [6, 6.07) is 8.99. The Hall–Kier alpha value is -2.95. The normalized spacial score (nSPS) is 10.6. The summed E-state index contributed by atoms with van der Waals surface area (Å²) in [4.78, 5) is 12.1. The molecule has 0 saturated heterocycles. The molecule has 22 heavy (non-hydrogen) atoms. The third kappa shape index (κ3) is 3.38. The van der Waals surface area contributed by atoms with E-state index in [-0.39, 0.29) is 17.1 Å². The fraction of sp³-hybridized carbons (Fsp3) is 0.118. The molecule has 2 aromatic carbocycles. The lowest BCUT2D eigenvalue weighted by Crippen LogP contribution is -1.95. The molecule has 0 radical (unpaired) electrons. The molecular weight excluding hydrogens is 284 g/mol. The van der Waals surface area contributed by atoms with Crippen LogP contribution >= 0.6 is 0 Å². The van der Waals surface area contributed by atoms with Gasteiger partial charge in [0.15, 0.2) is 5.78 Å². The molecule has 0 aromatic heterocycles. The minimum absolute atomic E-state index is 0.0260. The van der Waals surface area contributed by atoms with Gasteiger partial charge in [0.25, 0.3) is 0 Å². The molecule has 0 heterocycles. The number of hydrogen-bond acceptors (Lipinski definition) is 5. The van der Waals surface area contributed by atoms with Crippen LogP contribution in [0, 0.1) is 0 Å². The van der Waals surface area contributed by atoms with Gasteiger partial charge in [0.1, 0.15) is 23.0 Å². The summed E-state index contributed by atoms with van der Waals surface area (Å²) in [5.74, 6) is 0.509. The van der Waals surface area contributed by atoms with Crippen LogP contribution in [0.5, 0.6) is 23.0 Å². The molecule has 2 aromatic rings. The van der Waals surface area contributed by atoms with Gasteiger partial charge in [-0.1, -0.05) is 0 Å². The van der Waals surface area contributed by atoms with E-state index in [1.54, 1.807) is 31.4 Å². The zero-order chi connectivity index (χ0) is 16.1. The third-order valence-electron chi connectivity index (χ3n) is 3.10. The Morgan fingerprint density at radius 2 is 1.82 bits per heavy atom. The maximum absolute atomic E-state index is 12.1. The second kappa shape index (κ2) is 6.67. The largest absolute Gasteiger partial charge is 0.508 e. The Balaban J connectivity index is 2.31. The third-order valence-corrected chi connectivity index (χ3v) is 3.10. The number of phenols is 2. The molecule has 0 aliphatic rings. The lowest BCUT2D eigenvalue weighted by molar-refractivity contribution is 0.104. The highest BCUT2D eigenvalue weighted by molar-refractivity contribution is 6.08. The van der Waals surface area contributed by atoms with Crippen molar-refractivity contribution in [1.82, 2.24) is 0 Å². The summed E-state index contributed by atoms with van der Waals surface area (Å²) in [5.41, 5.74) is 0.688. The molecule has 0 amide bonds. The second-order valence-corrected chi connectivity index (χ2v) is 4.51. The molecular formula is C17H16O5. The number of phenolic OH excluding ortho intramolecular Hbond substituents is 2. The van der Waals surface area contributed by atoms with Gasteiger partial charge in [-0.2, -0.15) is 0 Å². The number of benzene rings is 2. The van der Waals surface area contributed by atoms with Gasteiger partial charge < -0.3 is 19.7 Å². The molecule has 2 rings (SSSR count). The first-order chi connectivity index (χ1) is 10.5. The lowest BCUT2D eigenvalue weighted by atomic mass is 10.1. The van der Waals surface area contributed by atoms with Crippen molar-refractivity contribution in [1.29, 1.82) is 0 Å². The summed E-state index contributed by atoms with van der Waals surface area (Å²) < 4.78 is 10.4. The van der Waals surface area contributed by atoms with E-state index in [2.05, 4.69) is 0 Å². The van der Waals surface area contributed by atoms with Crippen molar-refractivity contribution in [3.8, 4) is 23.0 Å². The van der Waals surface area contributed by atoms with E-state index in [4.69, 9.17) is 9.47 Å². The average molecular weight is 300 g/mol. The van der Waals surface area contributed by atoms with E-state index in [0.29, 0.717) is 17.1 Å². The van der Waals surface area contributed by atoms with Gasteiger partial charge in [-0.15, -0.1) is 0 Å². The molecule has 0 spiro atoms. The van der Waals surface area contributed by atoms with E-state index < -0.39 is 5.78 Å². The maximum Gasteiger partial charge on any atom is 0.189 e. The number of hydrogen-bond donors (Lipinski definition) is 2. The van der Waals surface area contributed by atoms with Crippen molar-refractivity contribution in [3.63, 3.8) is 0 Å². The highest BCUT2D eigenvalue weighted by Crippen LogP contribution is 2.26. The number of rotatable bonds is 5. The molecule has 0 aliphatic heterocycles. The number of carbonyl (C=O) groups is 1. The smallest absolute Gasteiger partial charge is 0.189 e. The van der Waals surface area contributed by atoms with Gasteiger partial charge in [0.05, 0.1) is 19.8 Å². The first-order valence-electron chi connectivity index (χ1n) is 6.51. The van der Waals surface area contributed by atoms with E-state index in [1.807, 2.05) is 0 Å². The second-order valence-electron chi connectivity index (χ2n) is 4.51. The monoisotopic (exact) mass is 300 g/mol. The summed E-state index contributed by atoms with van der Waals surface area (Å²) in [5, 5.41) is 19.1. The minimum atomic E-state index is -0.432. The van der Waals surface area contributed by atoms with Crippen LogP contribution in [0.1, 0.15) is 15.9 Å².